The van der Waals surface area contributed by atoms with Gasteiger partial charge in [0.2, 0.25) is 0 Å². The lowest BCUT2D eigenvalue weighted by Gasteiger charge is -2.16. The van der Waals surface area contributed by atoms with Gasteiger partial charge in [0, 0.05) is 23.7 Å². The molecule has 0 unspecified atom stereocenters. The summed E-state index contributed by atoms with van der Waals surface area (Å²) < 4.78 is 0. The molecule has 0 radical (unpaired) electrons. The van der Waals surface area contributed by atoms with Crippen molar-refractivity contribution in [1.29, 1.82) is 0 Å². The summed E-state index contributed by atoms with van der Waals surface area (Å²) in [5.41, 5.74) is 1.51. The third-order valence-electron chi connectivity index (χ3n) is 4.65. The quantitative estimate of drug-likeness (QED) is 0.758. The lowest BCUT2D eigenvalue weighted by atomic mass is 10.1. The van der Waals surface area contributed by atoms with Crippen LogP contribution in [-0.2, 0) is 6.54 Å². The summed E-state index contributed by atoms with van der Waals surface area (Å²) in [6.45, 7) is 2.41. The molecule has 138 valence electrons. The summed E-state index contributed by atoms with van der Waals surface area (Å²) in [4.78, 5) is 21.3. The van der Waals surface area contributed by atoms with Gasteiger partial charge in [-0.2, -0.15) is 0 Å². The Labute approximate surface area is 159 Å². The Bertz CT molecular complexity index is 740. The number of halogens is 1. The van der Waals surface area contributed by atoms with Crippen LogP contribution >= 0.6 is 11.6 Å². The van der Waals surface area contributed by atoms with Gasteiger partial charge >= 0.3 is 0 Å². The Morgan fingerprint density at radius 2 is 1.81 bits per heavy atom. The number of carbonyl (C=O) groups is 1. The maximum Gasteiger partial charge on any atom is 0.270 e. The number of nitrogens with one attached hydrogen (secondary N) is 2. The van der Waals surface area contributed by atoms with Gasteiger partial charge in [-0.3, -0.25) is 4.79 Å². The Morgan fingerprint density at radius 3 is 2.50 bits per heavy atom. The molecule has 6 heteroatoms. The number of rotatable bonds is 5. The number of aryl methyl sites for hydroxylation is 1. The van der Waals surface area contributed by atoms with Crippen LogP contribution in [0.25, 0.3) is 0 Å². The van der Waals surface area contributed by atoms with Gasteiger partial charge in [0.05, 0.1) is 0 Å². The Balaban J connectivity index is 1.64. The van der Waals surface area contributed by atoms with E-state index in [0.717, 1.165) is 18.4 Å². The first kappa shape index (κ1) is 18.6. The van der Waals surface area contributed by atoms with Crippen molar-refractivity contribution in [1.82, 2.24) is 15.3 Å². The maximum atomic E-state index is 12.6. The van der Waals surface area contributed by atoms with Gasteiger partial charge < -0.3 is 10.6 Å². The molecule has 2 N–H and O–H groups in total. The van der Waals surface area contributed by atoms with Crippen molar-refractivity contribution in [2.45, 2.75) is 58.0 Å². The minimum Gasteiger partial charge on any atom is -0.366 e. The molecule has 26 heavy (non-hydrogen) atoms. The molecule has 1 saturated carbocycles. The highest BCUT2D eigenvalue weighted by molar-refractivity contribution is 6.30. The number of benzene rings is 1. The highest BCUT2D eigenvalue weighted by atomic mass is 35.5. The molecule has 0 saturated heterocycles. The Morgan fingerprint density at radius 1 is 1.12 bits per heavy atom. The number of carbonyl (C=O) groups excluding carboxylic acids is 1. The van der Waals surface area contributed by atoms with Crippen LogP contribution in [0.4, 0.5) is 5.82 Å². The van der Waals surface area contributed by atoms with Gasteiger partial charge in [0.25, 0.3) is 5.91 Å². The smallest absolute Gasteiger partial charge is 0.270 e. The van der Waals surface area contributed by atoms with Crippen LogP contribution in [0.3, 0.4) is 0 Å². The predicted molar refractivity (Wildman–Crippen MR) is 105 cm³/mol. The summed E-state index contributed by atoms with van der Waals surface area (Å²) in [5.74, 6) is 1.12. The van der Waals surface area contributed by atoms with Gasteiger partial charge in [0.1, 0.15) is 17.3 Å². The molecule has 1 fully saturated rings. The van der Waals surface area contributed by atoms with E-state index in [1.165, 1.54) is 25.7 Å². The first-order valence-corrected chi connectivity index (χ1v) is 9.63. The van der Waals surface area contributed by atoms with E-state index >= 15 is 0 Å². The highest BCUT2D eigenvalue weighted by Crippen LogP contribution is 2.18. The zero-order chi connectivity index (χ0) is 18.4. The van der Waals surface area contributed by atoms with E-state index in [4.69, 9.17) is 11.6 Å². The van der Waals surface area contributed by atoms with E-state index in [1.54, 1.807) is 13.0 Å². The van der Waals surface area contributed by atoms with Gasteiger partial charge in [-0.05, 0) is 37.5 Å². The maximum absolute atomic E-state index is 12.6. The number of amides is 1. The molecule has 0 aliphatic heterocycles. The van der Waals surface area contributed by atoms with Crippen molar-refractivity contribution in [2.75, 3.05) is 5.32 Å². The predicted octanol–water partition coefficient (Wildman–Crippen LogP) is 4.50. The molecule has 1 aromatic carbocycles. The fourth-order valence-electron chi connectivity index (χ4n) is 3.25. The van der Waals surface area contributed by atoms with Crippen LogP contribution in [0.1, 0.15) is 60.4 Å². The van der Waals surface area contributed by atoms with E-state index in [0.29, 0.717) is 28.9 Å². The van der Waals surface area contributed by atoms with Crippen LogP contribution in [0.2, 0.25) is 5.02 Å². The number of aromatic nitrogens is 2. The highest BCUT2D eigenvalue weighted by Gasteiger charge is 2.17. The average Bonchev–Trinajstić information content (AvgIpc) is 2.89. The summed E-state index contributed by atoms with van der Waals surface area (Å²) in [6, 6.07) is 9.61. The van der Waals surface area contributed by atoms with Crippen LogP contribution in [-0.4, -0.2) is 21.9 Å². The lowest BCUT2D eigenvalue weighted by Crippen LogP contribution is -2.35. The fourth-order valence-corrected chi connectivity index (χ4v) is 3.38. The number of anilines is 1. The fraction of sp³-hybridized carbons (Fsp3) is 0.450. The van der Waals surface area contributed by atoms with Crippen molar-refractivity contribution in [3.63, 3.8) is 0 Å². The van der Waals surface area contributed by atoms with Crippen LogP contribution < -0.4 is 10.6 Å². The third kappa shape index (κ3) is 5.43. The molecule has 5 nitrogen and oxygen atoms in total. The number of hydrogen-bond donors (Lipinski definition) is 2. The molecule has 3 rings (SSSR count). The first-order valence-electron chi connectivity index (χ1n) is 9.25. The standard InChI is InChI=1S/C20H25ClN4O/c1-14-23-18(20(26)25-17-6-4-2-3-5-7-17)12-19(24-14)22-13-15-8-10-16(21)11-9-15/h8-12,17H,2-7,13H2,1H3,(H,25,26)(H,22,23,24). The molecule has 1 aliphatic carbocycles. The van der Waals surface area contributed by atoms with Crippen molar-refractivity contribution < 1.29 is 4.79 Å². The second kappa shape index (κ2) is 8.99. The zero-order valence-corrected chi connectivity index (χ0v) is 15.9. The minimum absolute atomic E-state index is 0.114. The normalized spacial score (nSPS) is 15.3. The van der Waals surface area contributed by atoms with Gasteiger partial charge in [-0.15, -0.1) is 0 Å². The summed E-state index contributed by atoms with van der Waals surface area (Å²) >= 11 is 5.91. The molecule has 0 bridgehead atoms. The lowest BCUT2D eigenvalue weighted by molar-refractivity contribution is 0.0928. The molecule has 1 aliphatic rings. The Kier molecular flexibility index (Phi) is 6.45. The number of hydrogen-bond acceptors (Lipinski definition) is 4. The van der Waals surface area contributed by atoms with E-state index in [-0.39, 0.29) is 11.9 Å². The summed E-state index contributed by atoms with van der Waals surface area (Å²) in [5, 5.41) is 7.11. The molecule has 2 aromatic rings. The molecule has 0 spiro atoms. The third-order valence-corrected chi connectivity index (χ3v) is 4.90. The average molecular weight is 373 g/mol. The first-order chi connectivity index (χ1) is 12.6. The van der Waals surface area contributed by atoms with E-state index < -0.39 is 0 Å². The van der Waals surface area contributed by atoms with Crippen molar-refractivity contribution in [3.05, 3.63) is 52.4 Å². The van der Waals surface area contributed by atoms with Crippen molar-refractivity contribution in [2.24, 2.45) is 0 Å². The van der Waals surface area contributed by atoms with Crippen LogP contribution in [0.15, 0.2) is 30.3 Å². The van der Waals surface area contributed by atoms with Crippen LogP contribution in [0, 0.1) is 6.92 Å². The molecular formula is C20H25ClN4O. The Hall–Kier alpha value is -2.14. The molecule has 1 aromatic heterocycles. The molecule has 1 heterocycles. The second-order valence-corrected chi connectivity index (χ2v) is 7.26. The van der Waals surface area contributed by atoms with Gasteiger partial charge in [0.15, 0.2) is 0 Å². The zero-order valence-electron chi connectivity index (χ0n) is 15.1. The number of nitrogens with zero attached hydrogens (tertiary/aromatic N) is 2. The van der Waals surface area contributed by atoms with E-state index in [1.807, 2.05) is 24.3 Å². The van der Waals surface area contributed by atoms with E-state index in [2.05, 4.69) is 20.6 Å². The monoisotopic (exact) mass is 372 g/mol. The summed E-state index contributed by atoms with van der Waals surface area (Å²) in [7, 11) is 0. The van der Waals surface area contributed by atoms with Crippen LogP contribution in [0.5, 0.6) is 0 Å². The largest absolute Gasteiger partial charge is 0.366 e. The topological polar surface area (TPSA) is 66.9 Å². The van der Waals surface area contributed by atoms with E-state index in [9.17, 15) is 4.79 Å². The minimum atomic E-state index is -0.114. The van der Waals surface area contributed by atoms with Crippen molar-refractivity contribution >= 4 is 23.3 Å². The molecule has 0 atom stereocenters. The molecular weight excluding hydrogens is 348 g/mol. The second-order valence-electron chi connectivity index (χ2n) is 6.83. The molecule has 1 amide bonds. The van der Waals surface area contributed by atoms with Crippen molar-refractivity contribution in [3.8, 4) is 0 Å². The summed E-state index contributed by atoms with van der Waals surface area (Å²) in [6.07, 6.45) is 6.99. The van der Waals surface area contributed by atoms with Gasteiger partial charge in [-0.1, -0.05) is 49.4 Å². The SMILES string of the molecule is Cc1nc(NCc2ccc(Cl)cc2)cc(C(=O)NC2CCCCCC2)n1. The van der Waals surface area contributed by atoms with Gasteiger partial charge in [-0.25, -0.2) is 9.97 Å².